The lowest BCUT2D eigenvalue weighted by Crippen LogP contribution is -2.21. The minimum atomic E-state index is 0.486. The number of nitrogens with one attached hydrogen (secondary N) is 1. The third kappa shape index (κ3) is 2.58. The van der Waals surface area contributed by atoms with E-state index < -0.39 is 0 Å². The molecule has 1 unspecified atom stereocenters. The predicted molar refractivity (Wildman–Crippen MR) is 73.0 cm³/mol. The van der Waals surface area contributed by atoms with E-state index in [1.165, 1.54) is 16.9 Å². The van der Waals surface area contributed by atoms with Crippen LogP contribution < -0.4 is 5.32 Å². The molecule has 2 heterocycles. The van der Waals surface area contributed by atoms with Gasteiger partial charge in [-0.1, -0.05) is 16.8 Å². The van der Waals surface area contributed by atoms with Crippen molar-refractivity contribution in [1.29, 1.82) is 0 Å². The Balaban J connectivity index is 1.47. The van der Waals surface area contributed by atoms with Crippen molar-refractivity contribution in [3.05, 3.63) is 33.2 Å². The van der Waals surface area contributed by atoms with Gasteiger partial charge in [-0.2, -0.15) is 0 Å². The zero-order chi connectivity index (χ0) is 12.4. The maximum absolute atomic E-state index is 6.04. The second-order valence-corrected chi connectivity index (χ2v) is 6.26. The van der Waals surface area contributed by atoms with E-state index in [-0.39, 0.29) is 0 Å². The molecule has 2 aromatic heterocycles. The van der Waals surface area contributed by atoms with Crippen LogP contribution in [0.25, 0.3) is 0 Å². The molecule has 0 radical (unpaired) electrons. The summed E-state index contributed by atoms with van der Waals surface area (Å²) in [6.07, 6.45) is 7.03. The maximum atomic E-state index is 6.04. The first-order valence-electron chi connectivity index (χ1n) is 6.18. The van der Waals surface area contributed by atoms with Crippen LogP contribution in [0.15, 0.2) is 18.5 Å². The summed E-state index contributed by atoms with van der Waals surface area (Å²) in [6.45, 7) is 1.91. The standard InChI is InChI=1S/C12H15ClN4S/c13-12-8-9-10(2-3-11(9)18-12)14-4-1-6-17-7-5-15-16-17/h5,7-8,10,14H,1-4,6H2. The average Bonchev–Trinajstić information content (AvgIpc) is 3.02. The lowest BCUT2D eigenvalue weighted by molar-refractivity contribution is 0.481. The van der Waals surface area contributed by atoms with Gasteiger partial charge in [0.1, 0.15) is 0 Å². The SMILES string of the molecule is Clc1cc2c(s1)CCC2NCCCn1ccnn1. The molecule has 0 bridgehead atoms. The van der Waals surface area contributed by atoms with Crippen molar-refractivity contribution in [2.75, 3.05) is 6.54 Å². The Hall–Kier alpha value is -0.910. The number of hydrogen-bond donors (Lipinski definition) is 1. The summed E-state index contributed by atoms with van der Waals surface area (Å²) < 4.78 is 2.78. The monoisotopic (exact) mass is 282 g/mol. The maximum Gasteiger partial charge on any atom is 0.0934 e. The number of nitrogens with zero attached hydrogens (tertiary/aromatic N) is 3. The molecule has 0 fully saturated rings. The summed E-state index contributed by atoms with van der Waals surface area (Å²) in [7, 11) is 0. The van der Waals surface area contributed by atoms with E-state index in [0.29, 0.717) is 6.04 Å². The van der Waals surface area contributed by atoms with E-state index >= 15 is 0 Å². The zero-order valence-electron chi connectivity index (χ0n) is 9.97. The first-order valence-corrected chi connectivity index (χ1v) is 7.38. The number of fused-ring (bicyclic) bond motifs is 1. The Bertz CT molecular complexity index is 508. The highest BCUT2D eigenvalue weighted by Crippen LogP contribution is 2.39. The summed E-state index contributed by atoms with van der Waals surface area (Å²) in [5.41, 5.74) is 1.41. The van der Waals surface area contributed by atoms with Crippen LogP contribution in [0.2, 0.25) is 4.34 Å². The van der Waals surface area contributed by atoms with Gasteiger partial charge < -0.3 is 5.32 Å². The summed E-state index contributed by atoms with van der Waals surface area (Å²) in [5.74, 6) is 0. The minimum absolute atomic E-state index is 0.486. The number of aryl methyl sites for hydroxylation is 2. The molecule has 18 heavy (non-hydrogen) atoms. The molecule has 1 N–H and O–H groups in total. The van der Waals surface area contributed by atoms with Crippen LogP contribution in [0, 0.1) is 0 Å². The van der Waals surface area contributed by atoms with Crippen LogP contribution >= 0.6 is 22.9 Å². The van der Waals surface area contributed by atoms with Crippen LogP contribution in [0.1, 0.15) is 29.3 Å². The van der Waals surface area contributed by atoms with Crippen molar-refractivity contribution in [3.8, 4) is 0 Å². The van der Waals surface area contributed by atoms with Crippen molar-refractivity contribution < 1.29 is 0 Å². The normalized spacial score (nSPS) is 18.2. The molecular formula is C12H15ClN4S. The third-order valence-corrected chi connectivity index (χ3v) is 4.61. The third-order valence-electron chi connectivity index (χ3n) is 3.27. The molecule has 4 nitrogen and oxygen atoms in total. The fourth-order valence-corrected chi connectivity index (χ4v) is 3.77. The van der Waals surface area contributed by atoms with E-state index in [1.807, 2.05) is 10.9 Å². The smallest absolute Gasteiger partial charge is 0.0934 e. The van der Waals surface area contributed by atoms with E-state index in [4.69, 9.17) is 11.6 Å². The Labute approximate surface area is 115 Å². The van der Waals surface area contributed by atoms with Crippen LogP contribution in [-0.2, 0) is 13.0 Å². The Morgan fingerprint density at radius 3 is 3.33 bits per heavy atom. The van der Waals surface area contributed by atoms with Gasteiger partial charge in [0, 0.05) is 23.7 Å². The number of hydrogen-bond acceptors (Lipinski definition) is 4. The zero-order valence-corrected chi connectivity index (χ0v) is 11.5. The summed E-state index contributed by atoms with van der Waals surface area (Å²) in [6, 6.07) is 2.60. The highest BCUT2D eigenvalue weighted by molar-refractivity contribution is 7.16. The van der Waals surface area contributed by atoms with Gasteiger partial charge in [0.2, 0.25) is 0 Å². The fraction of sp³-hybridized carbons (Fsp3) is 0.500. The van der Waals surface area contributed by atoms with Gasteiger partial charge in [-0.3, -0.25) is 4.68 Å². The van der Waals surface area contributed by atoms with Gasteiger partial charge in [-0.15, -0.1) is 16.4 Å². The van der Waals surface area contributed by atoms with Crippen molar-refractivity contribution in [2.45, 2.75) is 31.8 Å². The molecule has 1 aliphatic carbocycles. The van der Waals surface area contributed by atoms with Crippen molar-refractivity contribution in [2.24, 2.45) is 0 Å². The molecule has 0 spiro atoms. The predicted octanol–water partition coefficient (Wildman–Crippen LogP) is 2.66. The summed E-state index contributed by atoms with van der Waals surface area (Å²) in [4.78, 5) is 1.45. The largest absolute Gasteiger partial charge is 0.310 e. The number of aromatic nitrogens is 3. The van der Waals surface area contributed by atoms with Gasteiger partial charge in [0.05, 0.1) is 10.5 Å². The quantitative estimate of drug-likeness (QED) is 0.858. The first-order chi connectivity index (χ1) is 8.83. The number of halogens is 1. The van der Waals surface area contributed by atoms with Crippen LogP contribution in [0.3, 0.4) is 0 Å². The second kappa shape index (κ2) is 5.38. The molecule has 3 rings (SSSR count). The molecule has 0 saturated carbocycles. The Morgan fingerprint density at radius 1 is 1.56 bits per heavy atom. The van der Waals surface area contributed by atoms with Crippen LogP contribution in [0.4, 0.5) is 0 Å². The minimum Gasteiger partial charge on any atom is -0.310 e. The molecule has 0 aliphatic heterocycles. The topological polar surface area (TPSA) is 42.7 Å². The molecule has 96 valence electrons. The highest BCUT2D eigenvalue weighted by Gasteiger charge is 2.24. The van der Waals surface area contributed by atoms with E-state index in [1.54, 1.807) is 17.5 Å². The molecular weight excluding hydrogens is 268 g/mol. The highest BCUT2D eigenvalue weighted by atomic mass is 35.5. The van der Waals surface area contributed by atoms with Gasteiger partial charge in [0.25, 0.3) is 0 Å². The average molecular weight is 283 g/mol. The van der Waals surface area contributed by atoms with E-state index in [2.05, 4.69) is 21.7 Å². The fourth-order valence-electron chi connectivity index (χ4n) is 2.41. The molecule has 0 saturated heterocycles. The van der Waals surface area contributed by atoms with Gasteiger partial charge in [-0.25, -0.2) is 0 Å². The van der Waals surface area contributed by atoms with Crippen molar-refractivity contribution in [1.82, 2.24) is 20.3 Å². The molecule has 6 heteroatoms. The first kappa shape index (κ1) is 12.1. The van der Waals surface area contributed by atoms with Crippen LogP contribution in [-0.4, -0.2) is 21.5 Å². The van der Waals surface area contributed by atoms with E-state index in [9.17, 15) is 0 Å². The molecule has 0 aromatic carbocycles. The van der Waals surface area contributed by atoms with Gasteiger partial charge in [0.15, 0.2) is 0 Å². The number of rotatable bonds is 5. The summed E-state index contributed by atoms with van der Waals surface area (Å²) >= 11 is 7.77. The lowest BCUT2D eigenvalue weighted by Gasteiger charge is -2.12. The molecule has 1 aliphatic rings. The van der Waals surface area contributed by atoms with Gasteiger partial charge in [-0.05, 0) is 37.4 Å². The molecule has 2 aromatic rings. The lowest BCUT2D eigenvalue weighted by atomic mass is 10.2. The van der Waals surface area contributed by atoms with Gasteiger partial charge >= 0.3 is 0 Å². The molecule has 1 atom stereocenters. The summed E-state index contributed by atoms with van der Waals surface area (Å²) in [5, 5.41) is 11.3. The second-order valence-electron chi connectivity index (χ2n) is 4.49. The molecule has 0 amide bonds. The Morgan fingerprint density at radius 2 is 2.50 bits per heavy atom. The van der Waals surface area contributed by atoms with Crippen molar-refractivity contribution >= 4 is 22.9 Å². The van der Waals surface area contributed by atoms with Crippen molar-refractivity contribution in [3.63, 3.8) is 0 Å². The van der Waals surface area contributed by atoms with E-state index in [0.717, 1.165) is 30.3 Å². The Kier molecular flexibility index (Phi) is 3.63. The number of thiophene rings is 1. The van der Waals surface area contributed by atoms with Crippen LogP contribution in [0.5, 0.6) is 0 Å².